The molecule has 1 aromatic heterocycles. The fourth-order valence-electron chi connectivity index (χ4n) is 1.65. The zero-order valence-electron chi connectivity index (χ0n) is 9.40. The molecule has 1 aromatic rings. The first-order valence-electron chi connectivity index (χ1n) is 5.01. The van der Waals surface area contributed by atoms with Gasteiger partial charge in [0.05, 0.1) is 19.7 Å². The number of nitrogens with one attached hydrogen (secondary N) is 1. The number of methoxy groups -OCH3 is 1. The Morgan fingerprint density at radius 1 is 1.78 bits per heavy atom. The normalized spacial score (nSPS) is 17.4. The number of ether oxygens (including phenoxy) is 1. The van der Waals surface area contributed by atoms with Gasteiger partial charge in [-0.15, -0.1) is 5.10 Å². The lowest BCUT2D eigenvalue weighted by Gasteiger charge is -2.22. The minimum atomic E-state index is -0.722. The van der Waals surface area contributed by atoms with Crippen molar-refractivity contribution in [1.82, 2.24) is 20.3 Å². The second kappa shape index (κ2) is 4.72. The van der Waals surface area contributed by atoms with E-state index in [9.17, 15) is 9.59 Å². The number of azide groups is 1. The molecule has 0 aliphatic carbocycles. The summed E-state index contributed by atoms with van der Waals surface area (Å²) in [5, 5.41) is 13.3. The molecule has 18 heavy (non-hydrogen) atoms. The van der Waals surface area contributed by atoms with Crippen molar-refractivity contribution in [2.75, 3.05) is 13.7 Å². The van der Waals surface area contributed by atoms with Crippen LogP contribution in [0.25, 0.3) is 10.4 Å². The highest BCUT2D eigenvalue weighted by atomic mass is 16.5. The van der Waals surface area contributed by atoms with Crippen molar-refractivity contribution in [2.45, 2.75) is 12.6 Å². The molecule has 1 N–H and O–H groups in total. The summed E-state index contributed by atoms with van der Waals surface area (Å²) in [6, 6.07) is -0.368. The molecular formula is C8H9N7O3. The van der Waals surface area contributed by atoms with E-state index < -0.39 is 11.9 Å². The van der Waals surface area contributed by atoms with Crippen molar-refractivity contribution in [3.05, 3.63) is 21.8 Å². The van der Waals surface area contributed by atoms with Crippen LogP contribution in [0.4, 0.5) is 0 Å². The quantitative estimate of drug-likeness (QED) is 0.334. The summed E-state index contributed by atoms with van der Waals surface area (Å²) in [7, 11) is 1.19. The summed E-state index contributed by atoms with van der Waals surface area (Å²) in [6.07, 6.45) is 0. The van der Waals surface area contributed by atoms with Crippen molar-refractivity contribution >= 4 is 11.9 Å². The lowest BCUT2D eigenvalue weighted by atomic mass is 10.2. The third kappa shape index (κ3) is 1.96. The molecule has 0 fully saturated rings. The predicted octanol–water partition coefficient (Wildman–Crippen LogP) is -0.513. The lowest BCUT2D eigenvalue weighted by molar-refractivity contribution is 0.0588. The average Bonchev–Trinajstić information content (AvgIpc) is 2.79. The fraction of sp³-hybridized carbons (Fsp3) is 0.500. The van der Waals surface area contributed by atoms with E-state index in [0.717, 1.165) is 0 Å². The highest BCUT2D eigenvalue weighted by molar-refractivity contribution is 6.03. The summed E-state index contributed by atoms with van der Waals surface area (Å²) >= 11 is 0. The number of amides is 1. The van der Waals surface area contributed by atoms with E-state index >= 15 is 0 Å². The van der Waals surface area contributed by atoms with Crippen LogP contribution in [0, 0.1) is 0 Å². The standard InChI is InChI=1S/C8H9N7O3/c1-18-8(17)5-6-7(16)11-4(2-10-13-9)3-15(6)14-12-5/h4H,2-3H2,1H3,(H,11,16)/t4-/m0/s1. The molecule has 1 atom stereocenters. The van der Waals surface area contributed by atoms with Gasteiger partial charge in [-0.3, -0.25) is 4.79 Å². The number of carbonyl (C=O) groups excluding carboxylic acids is 2. The Labute approximate surface area is 101 Å². The number of aromatic nitrogens is 3. The lowest BCUT2D eigenvalue weighted by Crippen LogP contribution is -2.46. The predicted molar refractivity (Wildman–Crippen MR) is 56.6 cm³/mol. The van der Waals surface area contributed by atoms with Gasteiger partial charge in [-0.25, -0.2) is 9.48 Å². The van der Waals surface area contributed by atoms with Crippen LogP contribution in [0.15, 0.2) is 5.11 Å². The zero-order chi connectivity index (χ0) is 13.1. The van der Waals surface area contributed by atoms with Crippen molar-refractivity contribution < 1.29 is 14.3 Å². The summed E-state index contributed by atoms with van der Waals surface area (Å²) in [5.74, 6) is -1.22. The smallest absolute Gasteiger partial charge is 0.361 e. The van der Waals surface area contributed by atoms with E-state index in [0.29, 0.717) is 0 Å². The van der Waals surface area contributed by atoms with Crippen molar-refractivity contribution in [2.24, 2.45) is 5.11 Å². The first-order valence-corrected chi connectivity index (χ1v) is 5.01. The molecule has 0 unspecified atom stereocenters. The molecule has 1 aliphatic heterocycles. The largest absolute Gasteiger partial charge is 0.464 e. The van der Waals surface area contributed by atoms with E-state index in [2.05, 4.69) is 30.4 Å². The van der Waals surface area contributed by atoms with E-state index in [4.69, 9.17) is 5.53 Å². The molecule has 0 radical (unpaired) electrons. The van der Waals surface area contributed by atoms with Gasteiger partial charge in [-0.1, -0.05) is 10.3 Å². The molecule has 1 aliphatic rings. The van der Waals surface area contributed by atoms with Crippen LogP contribution in [-0.4, -0.2) is 46.6 Å². The highest BCUT2D eigenvalue weighted by Crippen LogP contribution is 2.12. The maximum Gasteiger partial charge on any atom is 0.361 e. The minimum absolute atomic E-state index is 0.0547. The first-order chi connectivity index (χ1) is 8.67. The molecular weight excluding hydrogens is 242 g/mol. The van der Waals surface area contributed by atoms with Crippen LogP contribution in [0.1, 0.15) is 21.0 Å². The molecule has 0 saturated carbocycles. The molecule has 0 spiro atoms. The molecule has 1 amide bonds. The van der Waals surface area contributed by atoms with Gasteiger partial charge in [-0.2, -0.15) is 0 Å². The van der Waals surface area contributed by atoms with E-state index in [1.165, 1.54) is 11.8 Å². The maximum absolute atomic E-state index is 11.8. The van der Waals surface area contributed by atoms with Gasteiger partial charge in [0.2, 0.25) is 5.69 Å². The Balaban J connectivity index is 2.28. The second-order valence-corrected chi connectivity index (χ2v) is 3.54. The average molecular weight is 251 g/mol. The van der Waals surface area contributed by atoms with E-state index in [1.807, 2.05) is 0 Å². The topological polar surface area (TPSA) is 135 Å². The SMILES string of the molecule is COC(=O)c1nnn2c1C(=O)N[C@@H](CN=[N+]=[N-])C2. The Kier molecular flexibility index (Phi) is 3.11. The second-order valence-electron chi connectivity index (χ2n) is 3.54. The summed E-state index contributed by atoms with van der Waals surface area (Å²) in [5.41, 5.74) is 8.14. The number of rotatable bonds is 3. The van der Waals surface area contributed by atoms with E-state index in [1.54, 1.807) is 0 Å². The number of fused-ring (bicyclic) bond motifs is 1. The van der Waals surface area contributed by atoms with Gasteiger partial charge in [-0.05, 0) is 5.53 Å². The number of nitrogens with zero attached hydrogens (tertiary/aromatic N) is 6. The Morgan fingerprint density at radius 3 is 3.22 bits per heavy atom. The molecule has 0 bridgehead atoms. The van der Waals surface area contributed by atoms with Gasteiger partial charge in [0.15, 0.2) is 5.69 Å². The van der Waals surface area contributed by atoms with Crippen molar-refractivity contribution in [1.29, 1.82) is 0 Å². The first kappa shape index (κ1) is 11.9. The van der Waals surface area contributed by atoms with Crippen LogP contribution in [0.3, 0.4) is 0 Å². The molecule has 94 valence electrons. The van der Waals surface area contributed by atoms with Crippen LogP contribution in [0.2, 0.25) is 0 Å². The fourth-order valence-corrected chi connectivity index (χ4v) is 1.65. The summed E-state index contributed by atoms with van der Waals surface area (Å²) in [4.78, 5) is 25.8. The van der Waals surface area contributed by atoms with E-state index in [-0.39, 0.29) is 30.5 Å². The van der Waals surface area contributed by atoms with Gasteiger partial charge >= 0.3 is 5.97 Å². The number of hydrogen-bond acceptors (Lipinski definition) is 6. The molecule has 10 nitrogen and oxygen atoms in total. The molecule has 2 heterocycles. The summed E-state index contributed by atoms with van der Waals surface area (Å²) in [6.45, 7) is 0.388. The van der Waals surface area contributed by atoms with Crippen LogP contribution >= 0.6 is 0 Å². The van der Waals surface area contributed by atoms with Crippen molar-refractivity contribution in [3.63, 3.8) is 0 Å². The maximum atomic E-state index is 11.8. The highest BCUT2D eigenvalue weighted by Gasteiger charge is 2.32. The Morgan fingerprint density at radius 2 is 2.56 bits per heavy atom. The molecule has 0 saturated heterocycles. The minimum Gasteiger partial charge on any atom is -0.464 e. The number of esters is 1. The Hall–Kier alpha value is -2.61. The zero-order valence-corrected chi connectivity index (χ0v) is 9.40. The van der Waals surface area contributed by atoms with Gasteiger partial charge < -0.3 is 10.1 Å². The third-order valence-corrected chi connectivity index (χ3v) is 2.42. The molecule has 2 rings (SSSR count). The monoisotopic (exact) mass is 251 g/mol. The van der Waals surface area contributed by atoms with Crippen LogP contribution in [-0.2, 0) is 11.3 Å². The van der Waals surface area contributed by atoms with Gasteiger partial charge in [0, 0.05) is 11.5 Å². The third-order valence-electron chi connectivity index (χ3n) is 2.42. The van der Waals surface area contributed by atoms with Crippen LogP contribution in [0.5, 0.6) is 0 Å². The van der Waals surface area contributed by atoms with Crippen LogP contribution < -0.4 is 5.32 Å². The molecule has 10 heteroatoms. The van der Waals surface area contributed by atoms with Crippen molar-refractivity contribution in [3.8, 4) is 0 Å². The van der Waals surface area contributed by atoms with Gasteiger partial charge in [0.1, 0.15) is 0 Å². The van der Waals surface area contributed by atoms with Gasteiger partial charge in [0.25, 0.3) is 5.91 Å². The summed E-state index contributed by atoms with van der Waals surface area (Å²) < 4.78 is 5.79. The number of carbonyl (C=O) groups is 2. The molecule has 0 aromatic carbocycles. The number of hydrogen-bond donors (Lipinski definition) is 1. The Bertz CT molecular complexity index is 545.